The number of aromatic nitrogens is 2. The van der Waals surface area contributed by atoms with Gasteiger partial charge in [0.15, 0.2) is 5.82 Å². The van der Waals surface area contributed by atoms with Crippen molar-refractivity contribution in [2.75, 3.05) is 12.4 Å². The van der Waals surface area contributed by atoms with Crippen molar-refractivity contribution in [3.8, 4) is 5.88 Å². The number of hydrogen-bond acceptors (Lipinski definition) is 4. The van der Waals surface area contributed by atoms with Crippen LogP contribution in [0.1, 0.15) is 19.8 Å². The molecule has 0 aliphatic carbocycles. The van der Waals surface area contributed by atoms with E-state index < -0.39 is 5.97 Å². The fourth-order valence-corrected chi connectivity index (χ4v) is 1.58. The molecule has 2 N–H and O–H groups in total. The lowest BCUT2D eigenvalue weighted by atomic mass is 10.0. The number of rotatable bonds is 6. The van der Waals surface area contributed by atoms with Crippen LogP contribution in [0.25, 0.3) is 0 Å². The molecule has 0 saturated heterocycles. The Morgan fingerprint density at radius 1 is 1.56 bits per heavy atom. The first kappa shape index (κ1) is 14.0. The fraction of sp³-hybridized carbons (Fsp3) is 0.545. The summed E-state index contributed by atoms with van der Waals surface area (Å²) in [7, 11) is 3.21. The number of aliphatic carboxylic acids is 1. The molecule has 0 bridgehead atoms. The minimum absolute atomic E-state index is 0.0288. The van der Waals surface area contributed by atoms with E-state index in [1.165, 1.54) is 11.8 Å². The van der Waals surface area contributed by atoms with Gasteiger partial charge in [-0.2, -0.15) is 5.10 Å². The van der Waals surface area contributed by atoms with Crippen molar-refractivity contribution in [3.63, 3.8) is 0 Å². The van der Waals surface area contributed by atoms with E-state index in [-0.39, 0.29) is 24.7 Å². The molecule has 0 aliphatic rings. The van der Waals surface area contributed by atoms with Crippen LogP contribution in [0.4, 0.5) is 5.82 Å². The zero-order chi connectivity index (χ0) is 13.7. The van der Waals surface area contributed by atoms with Gasteiger partial charge in [-0.1, -0.05) is 6.92 Å². The molecule has 1 aromatic heterocycles. The Hall–Kier alpha value is -2.05. The Morgan fingerprint density at radius 3 is 2.72 bits per heavy atom. The van der Waals surface area contributed by atoms with Gasteiger partial charge in [0.05, 0.1) is 7.11 Å². The van der Waals surface area contributed by atoms with Crippen molar-refractivity contribution in [2.24, 2.45) is 13.0 Å². The molecule has 100 valence electrons. The molecule has 0 fully saturated rings. The van der Waals surface area contributed by atoms with E-state index >= 15 is 0 Å². The van der Waals surface area contributed by atoms with Crippen LogP contribution in [0.3, 0.4) is 0 Å². The average Bonchev–Trinajstić information content (AvgIpc) is 2.56. The lowest BCUT2D eigenvalue weighted by Crippen LogP contribution is -2.17. The molecular formula is C11H17N3O4. The maximum atomic E-state index is 11.6. The second kappa shape index (κ2) is 6.04. The van der Waals surface area contributed by atoms with Gasteiger partial charge in [-0.15, -0.1) is 0 Å². The van der Waals surface area contributed by atoms with Crippen LogP contribution in [0, 0.1) is 5.92 Å². The topological polar surface area (TPSA) is 93.4 Å². The van der Waals surface area contributed by atoms with E-state index in [2.05, 4.69) is 10.4 Å². The number of hydrogen-bond donors (Lipinski definition) is 2. The summed E-state index contributed by atoms with van der Waals surface area (Å²) < 4.78 is 6.51. The number of nitrogens with zero attached hydrogens (tertiary/aromatic N) is 2. The molecule has 0 aromatic carbocycles. The lowest BCUT2D eigenvalue weighted by molar-refractivity contribution is -0.138. The van der Waals surface area contributed by atoms with E-state index in [1.54, 1.807) is 20.0 Å². The molecule has 7 heteroatoms. The van der Waals surface area contributed by atoms with Crippen LogP contribution >= 0.6 is 0 Å². The molecule has 1 heterocycles. The zero-order valence-corrected chi connectivity index (χ0v) is 10.6. The average molecular weight is 255 g/mol. The highest BCUT2D eigenvalue weighted by Crippen LogP contribution is 2.16. The predicted octanol–water partition coefficient (Wildman–Crippen LogP) is 0.868. The van der Waals surface area contributed by atoms with Crippen molar-refractivity contribution >= 4 is 17.7 Å². The van der Waals surface area contributed by atoms with Gasteiger partial charge in [-0.25, -0.2) is 4.68 Å². The highest BCUT2D eigenvalue weighted by Gasteiger charge is 2.14. The monoisotopic (exact) mass is 255 g/mol. The summed E-state index contributed by atoms with van der Waals surface area (Å²) in [4.78, 5) is 22.1. The summed E-state index contributed by atoms with van der Waals surface area (Å²) in [6.45, 7) is 1.71. The van der Waals surface area contributed by atoms with Crippen molar-refractivity contribution in [1.29, 1.82) is 0 Å². The molecule has 0 aliphatic heterocycles. The van der Waals surface area contributed by atoms with Gasteiger partial charge in [0.25, 0.3) is 0 Å². The summed E-state index contributed by atoms with van der Waals surface area (Å²) in [5.74, 6) is -0.460. The van der Waals surface area contributed by atoms with Gasteiger partial charge in [0.1, 0.15) is 0 Å². The van der Waals surface area contributed by atoms with Crippen LogP contribution in [-0.2, 0) is 16.6 Å². The van der Waals surface area contributed by atoms with Gasteiger partial charge in [-0.05, 0) is 5.92 Å². The summed E-state index contributed by atoms with van der Waals surface area (Å²) in [5, 5.41) is 15.2. The van der Waals surface area contributed by atoms with Gasteiger partial charge in [0, 0.05) is 26.0 Å². The van der Waals surface area contributed by atoms with Crippen LogP contribution in [0.5, 0.6) is 5.88 Å². The Morgan fingerprint density at radius 2 is 2.22 bits per heavy atom. The first-order valence-electron chi connectivity index (χ1n) is 5.52. The molecule has 1 aromatic rings. The molecule has 0 saturated carbocycles. The molecule has 1 atom stereocenters. The van der Waals surface area contributed by atoms with Crippen LogP contribution in [0.2, 0.25) is 0 Å². The van der Waals surface area contributed by atoms with E-state index in [1.807, 2.05) is 0 Å². The second-order valence-electron chi connectivity index (χ2n) is 4.15. The minimum atomic E-state index is -0.908. The number of carbonyl (C=O) groups excluding carboxylic acids is 1. The van der Waals surface area contributed by atoms with Crippen LogP contribution in [-0.4, -0.2) is 33.9 Å². The molecule has 0 spiro atoms. The van der Waals surface area contributed by atoms with Gasteiger partial charge in [0.2, 0.25) is 11.8 Å². The second-order valence-corrected chi connectivity index (χ2v) is 4.15. The summed E-state index contributed by atoms with van der Waals surface area (Å²) in [5.41, 5.74) is 0. The number of carbonyl (C=O) groups is 2. The third kappa shape index (κ3) is 4.08. The normalized spacial score (nSPS) is 11.9. The summed E-state index contributed by atoms with van der Waals surface area (Å²) in [6, 6.07) is 1.60. The number of nitrogens with one attached hydrogen (secondary N) is 1. The van der Waals surface area contributed by atoms with E-state index in [0.717, 1.165) is 0 Å². The number of amides is 1. The van der Waals surface area contributed by atoms with E-state index in [0.29, 0.717) is 11.7 Å². The molecule has 0 radical (unpaired) electrons. The van der Waals surface area contributed by atoms with Crippen LogP contribution in [0.15, 0.2) is 6.07 Å². The number of aryl methyl sites for hydroxylation is 1. The largest absolute Gasteiger partial charge is 0.481 e. The van der Waals surface area contributed by atoms with E-state index in [9.17, 15) is 9.59 Å². The fourth-order valence-electron chi connectivity index (χ4n) is 1.58. The van der Waals surface area contributed by atoms with Crippen molar-refractivity contribution in [2.45, 2.75) is 19.8 Å². The number of carboxylic acids is 1. The maximum Gasteiger partial charge on any atom is 0.303 e. The quantitative estimate of drug-likeness (QED) is 0.786. The maximum absolute atomic E-state index is 11.6. The first-order valence-corrected chi connectivity index (χ1v) is 5.52. The summed E-state index contributed by atoms with van der Waals surface area (Å²) in [6.07, 6.45) is 0.115. The van der Waals surface area contributed by atoms with E-state index in [4.69, 9.17) is 9.84 Å². The predicted molar refractivity (Wildman–Crippen MR) is 64.4 cm³/mol. The highest BCUT2D eigenvalue weighted by atomic mass is 16.5. The van der Waals surface area contributed by atoms with Gasteiger partial charge in [-0.3, -0.25) is 9.59 Å². The summed E-state index contributed by atoms with van der Waals surface area (Å²) >= 11 is 0. The third-order valence-corrected chi connectivity index (χ3v) is 2.37. The standard InChI is InChI=1S/C11H17N3O4/c1-7(5-11(16)17)4-9(15)12-8-6-10(18-3)14(2)13-8/h6-7H,4-5H2,1-3H3,(H,16,17)(H,12,13,15). The van der Waals surface area contributed by atoms with Crippen LogP contribution < -0.4 is 10.1 Å². The third-order valence-electron chi connectivity index (χ3n) is 2.37. The Kier molecular flexibility index (Phi) is 4.70. The lowest BCUT2D eigenvalue weighted by Gasteiger charge is -2.07. The molecule has 7 nitrogen and oxygen atoms in total. The Bertz CT molecular complexity index is 441. The van der Waals surface area contributed by atoms with Crippen molar-refractivity contribution in [3.05, 3.63) is 6.07 Å². The molecule has 1 rings (SSSR count). The Labute approximate surface area is 105 Å². The van der Waals surface area contributed by atoms with Gasteiger partial charge < -0.3 is 15.2 Å². The SMILES string of the molecule is COc1cc(NC(=O)CC(C)CC(=O)O)nn1C. The minimum Gasteiger partial charge on any atom is -0.481 e. The number of anilines is 1. The van der Waals surface area contributed by atoms with Gasteiger partial charge >= 0.3 is 5.97 Å². The number of methoxy groups -OCH3 is 1. The van der Waals surface area contributed by atoms with Crippen molar-refractivity contribution in [1.82, 2.24) is 9.78 Å². The molecule has 1 unspecified atom stereocenters. The van der Waals surface area contributed by atoms with Crippen molar-refractivity contribution < 1.29 is 19.4 Å². The molecular weight excluding hydrogens is 238 g/mol. The molecule has 1 amide bonds. The number of carboxylic acid groups (broad SMARTS) is 1. The molecule has 18 heavy (non-hydrogen) atoms. The Balaban J connectivity index is 2.51. The first-order chi connectivity index (χ1) is 8.42. The zero-order valence-electron chi connectivity index (χ0n) is 10.6. The number of ether oxygens (including phenoxy) is 1. The highest BCUT2D eigenvalue weighted by molar-refractivity contribution is 5.90. The smallest absolute Gasteiger partial charge is 0.303 e.